The van der Waals surface area contributed by atoms with E-state index in [0.717, 1.165) is 20.7 Å². The molecule has 0 bridgehead atoms. The van der Waals surface area contributed by atoms with E-state index in [9.17, 15) is 9.59 Å². The van der Waals surface area contributed by atoms with Crippen LogP contribution in [0.15, 0.2) is 39.2 Å². The van der Waals surface area contributed by atoms with Gasteiger partial charge in [-0.05, 0) is 13.0 Å². The van der Waals surface area contributed by atoms with Gasteiger partial charge in [0.15, 0.2) is 0 Å². The van der Waals surface area contributed by atoms with Crippen molar-refractivity contribution < 1.29 is 0 Å². The molecule has 118 valence electrons. The summed E-state index contributed by atoms with van der Waals surface area (Å²) in [5.41, 5.74) is 7.94. The molecule has 7 heteroatoms. The Kier molecular flexibility index (Phi) is 3.65. The van der Waals surface area contributed by atoms with Crippen molar-refractivity contribution in [2.45, 2.75) is 6.92 Å². The molecule has 2 aromatic heterocycles. The molecule has 1 aromatic carbocycles. The molecule has 0 aliphatic heterocycles. The molecule has 0 fully saturated rings. The second-order valence-electron chi connectivity index (χ2n) is 5.37. The van der Waals surface area contributed by atoms with E-state index < -0.39 is 11.2 Å². The molecule has 23 heavy (non-hydrogen) atoms. The minimum absolute atomic E-state index is 0.124. The van der Waals surface area contributed by atoms with E-state index in [2.05, 4.69) is 4.98 Å². The molecule has 0 saturated heterocycles. The maximum atomic E-state index is 12.4. The Balaban J connectivity index is 2.19. The molecular formula is C16H16N4O2S. The van der Waals surface area contributed by atoms with Crippen LogP contribution in [0, 0.1) is 6.92 Å². The molecule has 0 aliphatic rings. The number of nitrogens with zero attached hydrogens (tertiary/aromatic N) is 3. The molecule has 3 rings (SSSR count). The topological polar surface area (TPSA) is 82.9 Å². The Bertz CT molecular complexity index is 1010. The number of anilines is 1. The van der Waals surface area contributed by atoms with Gasteiger partial charge in [-0.25, -0.2) is 9.78 Å². The van der Waals surface area contributed by atoms with Gasteiger partial charge < -0.3 is 5.73 Å². The number of thiazole rings is 1. The molecule has 0 saturated carbocycles. The van der Waals surface area contributed by atoms with Crippen LogP contribution in [0.2, 0.25) is 0 Å². The van der Waals surface area contributed by atoms with Crippen molar-refractivity contribution in [3.63, 3.8) is 0 Å². The highest BCUT2D eigenvalue weighted by atomic mass is 32.1. The third-order valence-corrected chi connectivity index (χ3v) is 4.63. The van der Waals surface area contributed by atoms with Crippen LogP contribution >= 0.6 is 11.3 Å². The zero-order valence-corrected chi connectivity index (χ0v) is 13.8. The predicted molar refractivity (Wildman–Crippen MR) is 92.6 cm³/mol. The summed E-state index contributed by atoms with van der Waals surface area (Å²) in [7, 11) is 2.97. The highest BCUT2D eigenvalue weighted by molar-refractivity contribution is 7.13. The molecule has 6 nitrogen and oxygen atoms in total. The van der Waals surface area contributed by atoms with Crippen molar-refractivity contribution >= 4 is 17.2 Å². The summed E-state index contributed by atoms with van der Waals surface area (Å²) in [5.74, 6) is 0.124. The highest BCUT2D eigenvalue weighted by Crippen LogP contribution is 2.29. The Morgan fingerprint density at radius 2 is 1.91 bits per heavy atom. The summed E-state index contributed by atoms with van der Waals surface area (Å²) in [4.78, 5) is 28.8. The molecule has 0 atom stereocenters. The van der Waals surface area contributed by atoms with Crippen LogP contribution in [0.3, 0.4) is 0 Å². The number of aryl methyl sites for hydroxylation is 1. The van der Waals surface area contributed by atoms with Crippen LogP contribution < -0.4 is 17.0 Å². The summed E-state index contributed by atoms with van der Waals surface area (Å²) in [6, 6.07) is 7.98. The zero-order valence-electron chi connectivity index (χ0n) is 13.0. The summed E-state index contributed by atoms with van der Waals surface area (Å²) >= 11 is 1.44. The number of nitrogen functional groups attached to an aromatic ring is 1. The average Bonchev–Trinajstić information content (AvgIpc) is 3.01. The van der Waals surface area contributed by atoms with Gasteiger partial charge in [0.1, 0.15) is 16.4 Å². The van der Waals surface area contributed by atoms with Gasteiger partial charge in [-0.15, -0.1) is 11.3 Å². The largest absolute Gasteiger partial charge is 0.384 e. The minimum atomic E-state index is -0.453. The van der Waals surface area contributed by atoms with Gasteiger partial charge in [0, 0.05) is 25.0 Å². The average molecular weight is 328 g/mol. The standard InChI is InChI=1S/C16H16N4O2S/c1-9-5-4-6-10(7-9)14-18-11(8-23-14)12-13(17)19(2)16(22)20(3)15(12)21/h4-8H,17H2,1-3H3. The van der Waals surface area contributed by atoms with Gasteiger partial charge in [0.05, 0.1) is 5.69 Å². The normalized spacial score (nSPS) is 10.9. The molecule has 0 amide bonds. The van der Waals surface area contributed by atoms with E-state index in [1.165, 1.54) is 30.0 Å². The van der Waals surface area contributed by atoms with Crippen molar-refractivity contribution in [3.05, 3.63) is 56.0 Å². The fraction of sp³-hybridized carbons (Fsp3) is 0.188. The monoisotopic (exact) mass is 328 g/mol. The quantitative estimate of drug-likeness (QED) is 0.777. The smallest absolute Gasteiger partial charge is 0.332 e. The summed E-state index contributed by atoms with van der Waals surface area (Å²) < 4.78 is 2.29. The van der Waals surface area contributed by atoms with E-state index in [1.54, 1.807) is 5.38 Å². The zero-order chi connectivity index (χ0) is 16.7. The lowest BCUT2D eigenvalue weighted by Gasteiger charge is -2.09. The summed E-state index contributed by atoms with van der Waals surface area (Å²) in [5, 5.41) is 2.59. The second-order valence-corrected chi connectivity index (χ2v) is 6.23. The molecule has 0 aliphatic carbocycles. The van der Waals surface area contributed by atoms with Crippen molar-refractivity contribution in [3.8, 4) is 21.8 Å². The van der Waals surface area contributed by atoms with Crippen molar-refractivity contribution in [2.75, 3.05) is 5.73 Å². The molecule has 3 aromatic rings. The van der Waals surface area contributed by atoms with Crippen LogP contribution in [-0.2, 0) is 14.1 Å². The first-order chi connectivity index (χ1) is 10.9. The Labute approximate surface area is 136 Å². The van der Waals surface area contributed by atoms with Crippen LogP contribution in [0.5, 0.6) is 0 Å². The van der Waals surface area contributed by atoms with Gasteiger partial charge in [-0.2, -0.15) is 0 Å². The highest BCUT2D eigenvalue weighted by Gasteiger charge is 2.18. The number of rotatable bonds is 2. The Morgan fingerprint density at radius 3 is 2.61 bits per heavy atom. The summed E-state index contributed by atoms with van der Waals surface area (Å²) in [6.45, 7) is 2.01. The molecule has 2 heterocycles. The number of aromatic nitrogens is 3. The third-order valence-electron chi connectivity index (χ3n) is 3.74. The first kappa shape index (κ1) is 15.2. The lowest BCUT2D eigenvalue weighted by atomic mass is 10.1. The molecule has 0 unspecified atom stereocenters. The van der Waals surface area contributed by atoms with Crippen LogP contribution in [0.25, 0.3) is 21.8 Å². The van der Waals surface area contributed by atoms with Gasteiger partial charge in [0.2, 0.25) is 0 Å². The lowest BCUT2D eigenvalue weighted by molar-refractivity contribution is 0.696. The maximum absolute atomic E-state index is 12.4. The maximum Gasteiger partial charge on any atom is 0.332 e. The molecule has 0 radical (unpaired) electrons. The van der Waals surface area contributed by atoms with Crippen molar-refractivity contribution in [1.29, 1.82) is 0 Å². The predicted octanol–water partition coefficient (Wildman–Crippen LogP) is 1.77. The molecule has 2 N–H and O–H groups in total. The van der Waals surface area contributed by atoms with E-state index in [0.29, 0.717) is 5.69 Å². The third kappa shape index (κ3) is 2.49. The fourth-order valence-corrected chi connectivity index (χ4v) is 3.21. The van der Waals surface area contributed by atoms with Gasteiger partial charge in [-0.1, -0.05) is 23.8 Å². The number of benzene rings is 1. The second kappa shape index (κ2) is 5.51. The Morgan fingerprint density at radius 1 is 1.17 bits per heavy atom. The number of nitrogens with two attached hydrogens (primary N) is 1. The van der Waals surface area contributed by atoms with Gasteiger partial charge in [-0.3, -0.25) is 13.9 Å². The van der Waals surface area contributed by atoms with E-state index >= 15 is 0 Å². The lowest BCUT2D eigenvalue weighted by Crippen LogP contribution is -2.39. The van der Waals surface area contributed by atoms with Crippen molar-refractivity contribution in [1.82, 2.24) is 14.1 Å². The van der Waals surface area contributed by atoms with Gasteiger partial charge >= 0.3 is 5.69 Å². The fourth-order valence-electron chi connectivity index (χ4n) is 2.40. The van der Waals surface area contributed by atoms with E-state index in [1.807, 2.05) is 31.2 Å². The first-order valence-electron chi connectivity index (χ1n) is 6.98. The van der Waals surface area contributed by atoms with Crippen LogP contribution in [-0.4, -0.2) is 14.1 Å². The summed E-state index contributed by atoms with van der Waals surface area (Å²) in [6.07, 6.45) is 0. The van der Waals surface area contributed by atoms with Crippen molar-refractivity contribution in [2.24, 2.45) is 14.1 Å². The SMILES string of the molecule is Cc1cccc(-c2nc(-c3c(N)n(C)c(=O)n(C)c3=O)cs2)c1. The van der Waals surface area contributed by atoms with E-state index in [-0.39, 0.29) is 11.4 Å². The first-order valence-corrected chi connectivity index (χ1v) is 7.86. The molecular weight excluding hydrogens is 312 g/mol. The van der Waals surface area contributed by atoms with E-state index in [4.69, 9.17) is 5.73 Å². The molecule has 0 spiro atoms. The van der Waals surface area contributed by atoms with Crippen LogP contribution in [0.4, 0.5) is 5.82 Å². The number of hydrogen-bond acceptors (Lipinski definition) is 5. The minimum Gasteiger partial charge on any atom is -0.384 e. The number of hydrogen-bond donors (Lipinski definition) is 1. The Hall–Kier alpha value is -2.67. The van der Waals surface area contributed by atoms with Gasteiger partial charge in [0.25, 0.3) is 5.56 Å². The van der Waals surface area contributed by atoms with Crippen LogP contribution in [0.1, 0.15) is 5.56 Å².